The summed E-state index contributed by atoms with van der Waals surface area (Å²) in [6.45, 7) is 3.80. The molecule has 26 heavy (non-hydrogen) atoms. The highest BCUT2D eigenvalue weighted by Gasteiger charge is 2.11. The number of carbonyl (C=O) groups is 2. The predicted octanol–water partition coefficient (Wildman–Crippen LogP) is 4.45. The number of anilines is 2. The summed E-state index contributed by atoms with van der Waals surface area (Å²) in [6.07, 6.45) is 5.00. The SMILES string of the molecule is CC(=O)c1cccc(NC(=O)CCc2ccc(N3CCCCC3)cc2)c1. The summed E-state index contributed by atoms with van der Waals surface area (Å²) in [6, 6.07) is 15.6. The van der Waals surface area contributed by atoms with Crippen molar-refractivity contribution >= 4 is 23.1 Å². The van der Waals surface area contributed by atoms with Crippen molar-refractivity contribution < 1.29 is 9.59 Å². The average Bonchev–Trinajstić information content (AvgIpc) is 2.68. The molecule has 0 atom stereocenters. The molecule has 4 heteroatoms. The molecule has 0 aromatic heterocycles. The minimum Gasteiger partial charge on any atom is -0.372 e. The topological polar surface area (TPSA) is 49.4 Å². The van der Waals surface area contributed by atoms with Gasteiger partial charge < -0.3 is 10.2 Å². The molecule has 3 rings (SSSR count). The van der Waals surface area contributed by atoms with Gasteiger partial charge in [-0.25, -0.2) is 0 Å². The van der Waals surface area contributed by atoms with E-state index in [-0.39, 0.29) is 11.7 Å². The van der Waals surface area contributed by atoms with E-state index in [0.717, 1.165) is 13.1 Å². The summed E-state index contributed by atoms with van der Waals surface area (Å²) in [7, 11) is 0. The number of amides is 1. The quantitative estimate of drug-likeness (QED) is 0.783. The van der Waals surface area contributed by atoms with Crippen LogP contribution in [0.4, 0.5) is 11.4 Å². The molecule has 0 spiro atoms. The molecule has 1 fully saturated rings. The number of aryl methyl sites for hydroxylation is 1. The summed E-state index contributed by atoms with van der Waals surface area (Å²) in [4.78, 5) is 26.0. The van der Waals surface area contributed by atoms with Gasteiger partial charge in [-0.2, -0.15) is 0 Å². The Morgan fingerprint density at radius 3 is 2.42 bits per heavy atom. The molecular weight excluding hydrogens is 324 g/mol. The first kappa shape index (κ1) is 18.2. The van der Waals surface area contributed by atoms with Gasteiger partial charge in [0.25, 0.3) is 0 Å². The first-order chi connectivity index (χ1) is 12.6. The summed E-state index contributed by atoms with van der Waals surface area (Å²) in [5.74, 6) is -0.0410. The number of nitrogens with zero attached hydrogens (tertiary/aromatic N) is 1. The number of hydrogen-bond donors (Lipinski definition) is 1. The molecule has 2 aromatic carbocycles. The Balaban J connectivity index is 1.51. The van der Waals surface area contributed by atoms with E-state index in [2.05, 4.69) is 34.5 Å². The van der Waals surface area contributed by atoms with E-state index in [1.807, 2.05) is 0 Å². The fourth-order valence-corrected chi connectivity index (χ4v) is 3.32. The van der Waals surface area contributed by atoms with E-state index >= 15 is 0 Å². The lowest BCUT2D eigenvalue weighted by molar-refractivity contribution is -0.116. The van der Waals surface area contributed by atoms with Crippen molar-refractivity contribution in [2.45, 2.75) is 39.0 Å². The van der Waals surface area contributed by atoms with Gasteiger partial charge in [0.1, 0.15) is 0 Å². The fourth-order valence-electron chi connectivity index (χ4n) is 3.32. The van der Waals surface area contributed by atoms with Crippen molar-refractivity contribution in [2.75, 3.05) is 23.3 Å². The maximum absolute atomic E-state index is 12.2. The van der Waals surface area contributed by atoms with Gasteiger partial charge in [-0.05, 0) is 62.4 Å². The highest BCUT2D eigenvalue weighted by molar-refractivity contribution is 5.97. The van der Waals surface area contributed by atoms with Crippen LogP contribution in [0.15, 0.2) is 48.5 Å². The van der Waals surface area contributed by atoms with E-state index in [1.165, 1.54) is 37.4 Å². The normalized spacial score (nSPS) is 14.1. The third kappa shape index (κ3) is 4.94. The Kier molecular flexibility index (Phi) is 6.05. The molecule has 1 N–H and O–H groups in total. The molecule has 0 saturated carbocycles. The van der Waals surface area contributed by atoms with Crippen LogP contribution in [0, 0.1) is 0 Å². The zero-order valence-corrected chi connectivity index (χ0v) is 15.3. The number of rotatable bonds is 6. The maximum Gasteiger partial charge on any atom is 0.224 e. The van der Waals surface area contributed by atoms with Gasteiger partial charge in [0.15, 0.2) is 5.78 Å². The largest absolute Gasteiger partial charge is 0.372 e. The van der Waals surface area contributed by atoms with Crippen LogP contribution >= 0.6 is 0 Å². The Hall–Kier alpha value is -2.62. The molecule has 1 aliphatic rings. The first-order valence-electron chi connectivity index (χ1n) is 9.36. The van der Waals surface area contributed by atoms with Crippen LogP contribution in [0.3, 0.4) is 0 Å². The Bertz CT molecular complexity index is 762. The van der Waals surface area contributed by atoms with Crippen molar-refractivity contribution in [3.63, 3.8) is 0 Å². The Morgan fingerprint density at radius 1 is 1.00 bits per heavy atom. The van der Waals surface area contributed by atoms with Crippen molar-refractivity contribution in [2.24, 2.45) is 0 Å². The lowest BCUT2D eigenvalue weighted by Crippen LogP contribution is -2.29. The Labute approximate surface area is 155 Å². The van der Waals surface area contributed by atoms with Crippen molar-refractivity contribution in [3.8, 4) is 0 Å². The molecule has 1 amide bonds. The molecule has 1 heterocycles. The standard InChI is InChI=1S/C22H26N2O2/c1-17(25)19-6-5-7-20(16-19)23-22(26)13-10-18-8-11-21(12-9-18)24-14-3-2-4-15-24/h5-9,11-12,16H,2-4,10,13-15H2,1H3,(H,23,26). The van der Waals surface area contributed by atoms with Crippen LogP contribution in [0.25, 0.3) is 0 Å². The number of piperidine rings is 1. The van der Waals surface area contributed by atoms with Crippen LogP contribution in [0.2, 0.25) is 0 Å². The highest BCUT2D eigenvalue weighted by Crippen LogP contribution is 2.20. The molecule has 0 unspecified atom stereocenters. The number of benzene rings is 2. The molecule has 0 aliphatic carbocycles. The molecule has 0 radical (unpaired) electrons. The summed E-state index contributed by atoms with van der Waals surface area (Å²) in [5, 5.41) is 2.87. The molecule has 1 saturated heterocycles. The van der Waals surface area contributed by atoms with Crippen LogP contribution in [-0.4, -0.2) is 24.8 Å². The van der Waals surface area contributed by atoms with Gasteiger partial charge in [-0.3, -0.25) is 9.59 Å². The van der Waals surface area contributed by atoms with E-state index < -0.39 is 0 Å². The summed E-state index contributed by atoms with van der Waals surface area (Å²) in [5.41, 5.74) is 3.72. The van der Waals surface area contributed by atoms with Crippen molar-refractivity contribution in [1.82, 2.24) is 0 Å². The van der Waals surface area contributed by atoms with Crippen LogP contribution in [0.5, 0.6) is 0 Å². The number of nitrogens with one attached hydrogen (secondary N) is 1. The lowest BCUT2D eigenvalue weighted by atomic mass is 10.1. The minimum absolute atomic E-state index is 0.00473. The fraction of sp³-hybridized carbons (Fsp3) is 0.364. The van der Waals surface area contributed by atoms with Gasteiger partial charge >= 0.3 is 0 Å². The number of hydrogen-bond acceptors (Lipinski definition) is 3. The highest BCUT2D eigenvalue weighted by atomic mass is 16.1. The van der Waals surface area contributed by atoms with Crippen LogP contribution < -0.4 is 10.2 Å². The average molecular weight is 350 g/mol. The summed E-state index contributed by atoms with van der Waals surface area (Å²) >= 11 is 0. The first-order valence-corrected chi connectivity index (χ1v) is 9.36. The second kappa shape index (κ2) is 8.65. The third-order valence-electron chi connectivity index (χ3n) is 4.85. The second-order valence-electron chi connectivity index (χ2n) is 6.90. The molecule has 136 valence electrons. The van der Waals surface area contributed by atoms with E-state index in [0.29, 0.717) is 24.1 Å². The van der Waals surface area contributed by atoms with E-state index in [9.17, 15) is 9.59 Å². The third-order valence-corrected chi connectivity index (χ3v) is 4.85. The zero-order valence-electron chi connectivity index (χ0n) is 15.3. The number of carbonyl (C=O) groups excluding carboxylic acids is 2. The maximum atomic E-state index is 12.2. The minimum atomic E-state index is -0.0363. The smallest absolute Gasteiger partial charge is 0.224 e. The lowest BCUT2D eigenvalue weighted by Gasteiger charge is -2.28. The van der Waals surface area contributed by atoms with Crippen molar-refractivity contribution in [3.05, 3.63) is 59.7 Å². The molecule has 0 bridgehead atoms. The van der Waals surface area contributed by atoms with Crippen LogP contribution in [-0.2, 0) is 11.2 Å². The van der Waals surface area contributed by atoms with Gasteiger partial charge in [0.2, 0.25) is 5.91 Å². The number of Topliss-reactive ketones (excluding diaryl/α,β-unsaturated/α-hetero) is 1. The van der Waals surface area contributed by atoms with Gasteiger partial charge in [0.05, 0.1) is 0 Å². The van der Waals surface area contributed by atoms with Crippen molar-refractivity contribution in [1.29, 1.82) is 0 Å². The second-order valence-corrected chi connectivity index (χ2v) is 6.90. The predicted molar refractivity (Wildman–Crippen MR) is 106 cm³/mol. The van der Waals surface area contributed by atoms with Crippen LogP contribution in [0.1, 0.15) is 48.5 Å². The molecule has 2 aromatic rings. The van der Waals surface area contributed by atoms with Gasteiger partial charge in [-0.15, -0.1) is 0 Å². The summed E-state index contributed by atoms with van der Waals surface area (Å²) < 4.78 is 0. The van der Waals surface area contributed by atoms with Gasteiger partial charge in [-0.1, -0.05) is 24.3 Å². The zero-order chi connectivity index (χ0) is 18.4. The Morgan fingerprint density at radius 2 is 1.73 bits per heavy atom. The number of ketones is 1. The monoisotopic (exact) mass is 350 g/mol. The molecule has 1 aliphatic heterocycles. The van der Waals surface area contributed by atoms with E-state index in [1.54, 1.807) is 24.3 Å². The van der Waals surface area contributed by atoms with E-state index in [4.69, 9.17) is 0 Å². The molecule has 4 nitrogen and oxygen atoms in total. The van der Waals surface area contributed by atoms with Gasteiger partial charge in [0, 0.05) is 36.4 Å². The molecular formula is C22H26N2O2.